The van der Waals surface area contributed by atoms with Crippen molar-refractivity contribution < 1.29 is 14.7 Å². The summed E-state index contributed by atoms with van der Waals surface area (Å²) in [7, 11) is 0. The van der Waals surface area contributed by atoms with E-state index in [0.29, 0.717) is 16.8 Å². The highest BCUT2D eigenvalue weighted by atomic mass is 32.1. The largest absolute Gasteiger partial charge is 0.479 e. The van der Waals surface area contributed by atoms with E-state index in [1.807, 2.05) is 19.9 Å². The molecule has 0 spiro atoms. The molecule has 2 rings (SSSR count). The Labute approximate surface area is 126 Å². The van der Waals surface area contributed by atoms with Gasteiger partial charge in [0.15, 0.2) is 6.04 Å². The zero-order chi connectivity index (χ0) is 15.6. The van der Waals surface area contributed by atoms with Crippen LogP contribution >= 0.6 is 11.5 Å². The number of hydrogen-bond donors (Lipinski definition) is 2. The number of aryl methyl sites for hydroxylation is 3. The molecule has 1 amide bonds. The Morgan fingerprint density at radius 3 is 2.29 bits per heavy atom. The zero-order valence-electron chi connectivity index (χ0n) is 12.0. The number of nitrogens with zero attached hydrogens (tertiary/aromatic N) is 1. The van der Waals surface area contributed by atoms with Crippen LogP contribution in [0.2, 0.25) is 0 Å². The topological polar surface area (TPSA) is 79.3 Å². The van der Waals surface area contributed by atoms with Gasteiger partial charge in [-0.15, -0.1) is 0 Å². The lowest BCUT2D eigenvalue weighted by atomic mass is 10.0. The van der Waals surface area contributed by atoms with Gasteiger partial charge in [-0.05, 0) is 37.9 Å². The van der Waals surface area contributed by atoms with Crippen LogP contribution in [0.25, 0.3) is 0 Å². The summed E-state index contributed by atoms with van der Waals surface area (Å²) in [6.45, 7) is 5.51. The van der Waals surface area contributed by atoms with Crippen molar-refractivity contribution in [1.82, 2.24) is 9.69 Å². The number of rotatable bonds is 4. The van der Waals surface area contributed by atoms with Crippen molar-refractivity contribution in [3.8, 4) is 0 Å². The lowest BCUT2D eigenvalue weighted by Crippen LogP contribution is -2.34. The van der Waals surface area contributed by atoms with Crippen molar-refractivity contribution >= 4 is 23.4 Å². The molecule has 5 nitrogen and oxygen atoms in total. The fourth-order valence-electron chi connectivity index (χ4n) is 2.18. The van der Waals surface area contributed by atoms with E-state index in [-0.39, 0.29) is 0 Å². The molecular weight excluding hydrogens is 288 g/mol. The molecule has 1 aromatic carbocycles. The van der Waals surface area contributed by atoms with Gasteiger partial charge in [0.2, 0.25) is 0 Å². The van der Waals surface area contributed by atoms with Crippen LogP contribution in [0.5, 0.6) is 0 Å². The van der Waals surface area contributed by atoms with Crippen molar-refractivity contribution in [2.75, 3.05) is 0 Å². The highest BCUT2D eigenvalue weighted by Gasteiger charge is 2.24. The number of carbonyl (C=O) groups excluding carboxylic acids is 1. The average molecular weight is 304 g/mol. The summed E-state index contributed by atoms with van der Waals surface area (Å²) in [5, 5.41) is 13.6. The van der Waals surface area contributed by atoms with Crippen molar-refractivity contribution in [1.29, 1.82) is 0 Å². The van der Waals surface area contributed by atoms with Crippen LogP contribution in [0.4, 0.5) is 0 Å². The molecule has 0 aliphatic heterocycles. The minimum absolute atomic E-state index is 0.413. The van der Waals surface area contributed by atoms with Crippen molar-refractivity contribution in [2.24, 2.45) is 0 Å². The van der Waals surface area contributed by atoms with Crippen LogP contribution in [0.3, 0.4) is 0 Å². The monoisotopic (exact) mass is 304 g/mol. The van der Waals surface area contributed by atoms with Gasteiger partial charge >= 0.3 is 5.97 Å². The molecule has 110 valence electrons. The molecule has 1 heterocycles. The third-order valence-electron chi connectivity index (χ3n) is 3.09. The van der Waals surface area contributed by atoms with E-state index in [9.17, 15) is 14.7 Å². The number of hydrogen-bond acceptors (Lipinski definition) is 4. The van der Waals surface area contributed by atoms with Gasteiger partial charge in [0.05, 0.1) is 11.3 Å². The van der Waals surface area contributed by atoms with Gasteiger partial charge in [0, 0.05) is 5.38 Å². The Bertz CT molecular complexity index is 674. The molecule has 0 aliphatic carbocycles. The van der Waals surface area contributed by atoms with E-state index < -0.39 is 17.9 Å². The first-order valence-electron chi connectivity index (χ1n) is 6.41. The number of nitrogens with one attached hydrogen (secondary N) is 1. The SMILES string of the molecule is Cc1cc(C)cc(C(NC(=O)c2csnc2C)C(=O)O)c1. The average Bonchev–Trinajstić information content (AvgIpc) is 2.80. The van der Waals surface area contributed by atoms with Crippen LogP contribution in [-0.4, -0.2) is 21.4 Å². The van der Waals surface area contributed by atoms with E-state index in [4.69, 9.17) is 0 Å². The number of carboxylic acids is 1. The van der Waals surface area contributed by atoms with Crippen LogP contribution in [0.1, 0.15) is 38.8 Å². The summed E-state index contributed by atoms with van der Waals surface area (Å²) < 4.78 is 4.02. The number of carbonyl (C=O) groups is 2. The predicted molar refractivity (Wildman–Crippen MR) is 80.6 cm³/mol. The lowest BCUT2D eigenvalue weighted by molar-refractivity contribution is -0.139. The predicted octanol–water partition coefficient (Wildman–Crippen LogP) is 2.62. The smallest absolute Gasteiger partial charge is 0.330 e. The minimum Gasteiger partial charge on any atom is -0.479 e. The number of aromatic nitrogens is 1. The molecule has 0 fully saturated rings. The molecule has 1 unspecified atom stereocenters. The first-order chi connectivity index (χ1) is 9.88. The number of aliphatic carboxylic acids is 1. The Hall–Kier alpha value is -2.21. The second-order valence-corrected chi connectivity index (χ2v) is 5.61. The van der Waals surface area contributed by atoms with E-state index in [1.165, 1.54) is 11.5 Å². The molecule has 6 heteroatoms. The van der Waals surface area contributed by atoms with Gasteiger partial charge in [0.1, 0.15) is 0 Å². The zero-order valence-corrected chi connectivity index (χ0v) is 12.8. The molecule has 0 aliphatic rings. The maximum atomic E-state index is 12.2. The molecule has 21 heavy (non-hydrogen) atoms. The first-order valence-corrected chi connectivity index (χ1v) is 7.25. The molecule has 0 bridgehead atoms. The van der Waals surface area contributed by atoms with Gasteiger partial charge in [-0.3, -0.25) is 4.79 Å². The molecule has 1 aromatic heterocycles. The maximum Gasteiger partial charge on any atom is 0.330 e. The summed E-state index contributed by atoms with van der Waals surface area (Å²) >= 11 is 1.17. The van der Waals surface area contributed by atoms with Crippen molar-refractivity contribution in [3.05, 3.63) is 51.5 Å². The van der Waals surface area contributed by atoms with E-state index in [2.05, 4.69) is 9.69 Å². The Morgan fingerprint density at radius 2 is 1.81 bits per heavy atom. The normalized spacial score (nSPS) is 12.0. The van der Waals surface area contributed by atoms with Crippen LogP contribution in [-0.2, 0) is 4.79 Å². The summed E-state index contributed by atoms with van der Waals surface area (Å²) in [5.74, 6) is -1.51. The van der Waals surface area contributed by atoms with Crippen molar-refractivity contribution in [2.45, 2.75) is 26.8 Å². The van der Waals surface area contributed by atoms with Gasteiger partial charge < -0.3 is 10.4 Å². The third-order valence-corrected chi connectivity index (χ3v) is 3.81. The second kappa shape index (κ2) is 6.05. The van der Waals surface area contributed by atoms with Crippen LogP contribution in [0, 0.1) is 20.8 Å². The molecule has 2 aromatic rings. The molecule has 0 radical (unpaired) electrons. The number of benzene rings is 1. The number of amides is 1. The molecule has 0 saturated carbocycles. The Balaban J connectivity index is 2.30. The summed E-state index contributed by atoms with van der Waals surface area (Å²) in [6, 6.07) is 4.42. The van der Waals surface area contributed by atoms with Gasteiger partial charge in [-0.2, -0.15) is 4.37 Å². The number of carboxylic acid groups (broad SMARTS) is 1. The van der Waals surface area contributed by atoms with E-state index in [1.54, 1.807) is 24.4 Å². The molecule has 0 saturated heterocycles. The molecular formula is C15H16N2O3S. The third kappa shape index (κ3) is 3.46. The highest BCUT2D eigenvalue weighted by Crippen LogP contribution is 2.19. The summed E-state index contributed by atoms with van der Waals surface area (Å²) in [4.78, 5) is 23.7. The van der Waals surface area contributed by atoms with E-state index >= 15 is 0 Å². The molecule has 1 atom stereocenters. The van der Waals surface area contributed by atoms with Crippen LogP contribution < -0.4 is 5.32 Å². The highest BCUT2D eigenvalue weighted by molar-refractivity contribution is 7.03. The standard InChI is InChI=1S/C15H16N2O3S/c1-8-4-9(2)6-11(5-8)13(15(19)20)16-14(18)12-7-21-17-10(12)3/h4-7,13H,1-3H3,(H,16,18)(H,19,20). The Kier molecular flexibility index (Phi) is 4.37. The second-order valence-electron chi connectivity index (χ2n) is 4.98. The fraction of sp³-hybridized carbons (Fsp3) is 0.267. The molecule has 2 N–H and O–H groups in total. The maximum absolute atomic E-state index is 12.2. The Morgan fingerprint density at radius 1 is 1.19 bits per heavy atom. The van der Waals surface area contributed by atoms with Gasteiger partial charge in [0.25, 0.3) is 5.91 Å². The lowest BCUT2D eigenvalue weighted by Gasteiger charge is -2.16. The fourth-order valence-corrected chi connectivity index (χ4v) is 2.88. The van der Waals surface area contributed by atoms with Gasteiger partial charge in [-0.1, -0.05) is 29.3 Å². The van der Waals surface area contributed by atoms with Crippen LogP contribution in [0.15, 0.2) is 23.6 Å². The van der Waals surface area contributed by atoms with Gasteiger partial charge in [-0.25, -0.2) is 4.79 Å². The first kappa shape index (κ1) is 15.2. The summed E-state index contributed by atoms with van der Waals surface area (Å²) in [6.07, 6.45) is 0. The van der Waals surface area contributed by atoms with Crippen molar-refractivity contribution in [3.63, 3.8) is 0 Å². The van der Waals surface area contributed by atoms with E-state index in [0.717, 1.165) is 11.1 Å². The quantitative estimate of drug-likeness (QED) is 0.910. The minimum atomic E-state index is -1.09. The summed E-state index contributed by atoms with van der Waals surface area (Å²) in [5.41, 5.74) is 3.49.